The number of hydrogen-bond donors (Lipinski definition) is 3. The molecule has 202 valence electrons. The zero-order valence-electron chi connectivity index (χ0n) is 22.4. The summed E-state index contributed by atoms with van der Waals surface area (Å²) < 4.78 is 0. The predicted octanol–water partition coefficient (Wildman–Crippen LogP) is 4.22. The molecule has 2 aliphatic rings. The quantitative estimate of drug-likeness (QED) is 0.428. The van der Waals surface area contributed by atoms with Gasteiger partial charge in [-0.3, -0.25) is 14.6 Å². The number of aryl methyl sites for hydroxylation is 2. The number of pyridine rings is 1. The number of aliphatic imine (C=N–C) groups is 1. The Morgan fingerprint density at radius 2 is 1.79 bits per heavy atom. The van der Waals surface area contributed by atoms with Crippen LogP contribution in [0.5, 0.6) is 0 Å². The van der Waals surface area contributed by atoms with Gasteiger partial charge >= 0.3 is 0 Å². The lowest BCUT2D eigenvalue weighted by Crippen LogP contribution is -2.44. The molecule has 3 aromatic rings. The van der Waals surface area contributed by atoms with E-state index in [9.17, 15) is 9.59 Å². The van der Waals surface area contributed by atoms with Crippen LogP contribution in [0.4, 0.5) is 22.9 Å². The number of amidine groups is 1. The molecule has 0 saturated carbocycles. The second-order valence-electron chi connectivity index (χ2n) is 9.91. The van der Waals surface area contributed by atoms with Crippen molar-refractivity contribution in [2.75, 3.05) is 60.6 Å². The number of nitrogens with zero attached hydrogens (tertiary/aromatic N) is 4. The molecular weight excluding hydrogens is 510 g/mol. The van der Waals surface area contributed by atoms with Crippen molar-refractivity contribution in [3.05, 3.63) is 77.5 Å². The molecule has 1 fully saturated rings. The summed E-state index contributed by atoms with van der Waals surface area (Å²) in [5, 5.41) is 9.53. The van der Waals surface area contributed by atoms with Crippen molar-refractivity contribution in [2.45, 2.75) is 19.1 Å². The molecule has 5 rings (SSSR count). The van der Waals surface area contributed by atoms with Crippen molar-refractivity contribution in [3.63, 3.8) is 0 Å². The number of piperazine rings is 1. The van der Waals surface area contributed by atoms with Crippen molar-refractivity contribution >= 4 is 51.6 Å². The minimum Gasteiger partial charge on any atom is -0.369 e. The van der Waals surface area contributed by atoms with Gasteiger partial charge in [0.05, 0.1) is 6.54 Å². The van der Waals surface area contributed by atoms with Crippen LogP contribution in [0.1, 0.15) is 21.5 Å². The molecule has 2 aliphatic heterocycles. The van der Waals surface area contributed by atoms with E-state index in [0.29, 0.717) is 34.5 Å². The fourth-order valence-corrected chi connectivity index (χ4v) is 5.37. The topological polar surface area (TPSA) is 102 Å². The summed E-state index contributed by atoms with van der Waals surface area (Å²) in [7, 11) is 2.14. The Kier molecular flexibility index (Phi) is 8.13. The zero-order chi connectivity index (χ0) is 27.4. The summed E-state index contributed by atoms with van der Waals surface area (Å²) in [5.74, 6) is 0.386. The Balaban J connectivity index is 1.17. The van der Waals surface area contributed by atoms with Gasteiger partial charge in [0, 0.05) is 61.1 Å². The molecule has 39 heavy (non-hydrogen) atoms. The molecule has 1 unspecified atom stereocenters. The summed E-state index contributed by atoms with van der Waals surface area (Å²) >= 11 is 1.39. The maximum Gasteiger partial charge on any atom is 0.255 e. The molecule has 1 saturated heterocycles. The first kappa shape index (κ1) is 26.7. The van der Waals surface area contributed by atoms with E-state index in [1.807, 2.05) is 56.3 Å². The van der Waals surface area contributed by atoms with Gasteiger partial charge in [-0.05, 0) is 56.8 Å². The van der Waals surface area contributed by atoms with Gasteiger partial charge in [0.15, 0.2) is 5.17 Å². The summed E-state index contributed by atoms with van der Waals surface area (Å²) in [6, 6.07) is 17.0. The van der Waals surface area contributed by atoms with E-state index in [0.717, 1.165) is 43.0 Å². The minimum absolute atomic E-state index is 0.134. The molecule has 2 aromatic carbocycles. The van der Waals surface area contributed by atoms with Gasteiger partial charge in [0.2, 0.25) is 5.91 Å². The lowest BCUT2D eigenvalue weighted by atomic mass is 10.1. The molecule has 0 radical (unpaired) electrons. The third-order valence-corrected chi connectivity index (χ3v) is 7.93. The Morgan fingerprint density at radius 3 is 2.59 bits per heavy atom. The lowest BCUT2D eigenvalue weighted by molar-refractivity contribution is -0.115. The normalized spacial score (nSPS) is 17.5. The smallest absolute Gasteiger partial charge is 0.255 e. The van der Waals surface area contributed by atoms with Crippen LogP contribution in [0.15, 0.2) is 65.8 Å². The molecule has 0 bridgehead atoms. The number of hydrogen-bond acceptors (Lipinski definition) is 8. The van der Waals surface area contributed by atoms with E-state index in [1.54, 1.807) is 18.3 Å². The second-order valence-corrected chi connectivity index (χ2v) is 11.1. The first-order valence-corrected chi connectivity index (χ1v) is 13.9. The molecule has 9 nitrogen and oxygen atoms in total. The third kappa shape index (κ3) is 6.76. The highest BCUT2D eigenvalue weighted by Gasteiger charge is 2.27. The first-order valence-electron chi connectivity index (χ1n) is 13.0. The highest BCUT2D eigenvalue weighted by Crippen LogP contribution is 2.27. The maximum atomic E-state index is 13.1. The highest BCUT2D eigenvalue weighted by atomic mass is 32.2. The highest BCUT2D eigenvalue weighted by molar-refractivity contribution is 8.15. The van der Waals surface area contributed by atoms with Gasteiger partial charge in [-0.2, -0.15) is 0 Å². The van der Waals surface area contributed by atoms with Crippen LogP contribution in [0.25, 0.3) is 0 Å². The molecular formula is C29H33N7O2S. The zero-order valence-corrected chi connectivity index (χ0v) is 23.2. The van der Waals surface area contributed by atoms with E-state index >= 15 is 0 Å². The standard InChI is InChI=1S/C29H33N7O2S/c1-19-5-4-6-21(15-19)27(37)32-22-8-7-20(2)24(16-22)33-28(38)25-18-31-29(39-25)34-26-17-23(9-10-30-26)36-13-11-35(3)12-14-36/h4-10,15-17,25H,11-14,18H2,1-3H3,(H,32,37)(H,33,38)(H,30,31,34). The summed E-state index contributed by atoms with van der Waals surface area (Å²) in [5.41, 5.74) is 4.91. The molecule has 1 aromatic heterocycles. The second kappa shape index (κ2) is 11.9. The van der Waals surface area contributed by atoms with Crippen LogP contribution >= 0.6 is 11.8 Å². The summed E-state index contributed by atoms with van der Waals surface area (Å²) in [4.78, 5) is 39.4. The fourth-order valence-electron chi connectivity index (χ4n) is 4.48. The van der Waals surface area contributed by atoms with Gasteiger partial charge in [0.1, 0.15) is 11.1 Å². The molecule has 3 heterocycles. The number of carbonyl (C=O) groups excluding carboxylic acids is 2. The van der Waals surface area contributed by atoms with Gasteiger partial charge in [-0.25, -0.2) is 4.98 Å². The lowest BCUT2D eigenvalue weighted by Gasteiger charge is -2.34. The van der Waals surface area contributed by atoms with Gasteiger partial charge in [-0.15, -0.1) is 0 Å². The van der Waals surface area contributed by atoms with E-state index in [2.05, 4.69) is 42.8 Å². The Labute approximate surface area is 233 Å². The third-order valence-electron chi connectivity index (χ3n) is 6.83. The fraction of sp³-hybridized carbons (Fsp3) is 0.310. The average molecular weight is 544 g/mol. The van der Waals surface area contributed by atoms with Crippen molar-refractivity contribution in [2.24, 2.45) is 4.99 Å². The predicted molar refractivity (Wildman–Crippen MR) is 160 cm³/mol. The number of nitrogens with one attached hydrogen (secondary N) is 3. The largest absolute Gasteiger partial charge is 0.369 e. The van der Waals surface area contributed by atoms with E-state index in [1.165, 1.54) is 11.8 Å². The number of amides is 2. The van der Waals surface area contributed by atoms with Gasteiger partial charge in [-0.1, -0.05) is 35.5 Å². The van der Waals surface area contributed by atoms with E-state index in [-0.39, 0.29) is 17.1 Å². The molecule has 0 spiro atoms. The van der Waals surface area contributed by atoms with Gasteiger partial charge < -0.3 is 25.8 Å². The number of carbonyl (C=O) groups is 2. The number of aromatic nitrogens is 1. The first-order chi connectivity index (χ1) is 18.8. The van der Waals surface area contributed by atoms with Crippen LogP contribution in [-0.2, 0) is 4.79 Å². The van der Waals surface area contributed by atoms with Crippen molar-refractivity contribution in [1.82, 2.24) is 9.88 Å². The van der Waals surface area contributed by atoms with Crippen molar-refractivity contribution in [3.8, 4) is 0 Å². The summed E-state index contributed by atoms with van der Waals surface area (Å²) in [6.45, 7) is 8.27. The molecule has 1 atom stereocenters. The number of benzene rings is 2. The van der Waals surface area contributed by atoms with Crippen molar-refractivity contribution in [1.29, 1.82) is 0 Å². The Morgan fingerprint density at radius 1 is 0.974 bits per heavy atom. The van der Waals surface area contributed by atoms with Gasteiger partial charge in [0.25, 0.3) is 5.91 Å². The van der Waals surface area contributed by atoms with E-state index < -0.39 is 0 Å². The number of anilines is 4. The number of thioether (sulfide) groups is 1. The maximum absolute atomic E-state index is 13.1. The number of likely N-dealkylation sites (N-methyl/N-ethyl adjacent to an activating group) is 1. The summed E-state index contributed by atoms with van der Waals surface area (Å²) in [6.07, 6.45) is 1.80. The molecule has 0 aliphatic carbocycles. The van der Waals surface area contributed by atoms with E-state index in [4.69, 9.17) is 0 Å². The van der Waals surface area contributed by atoms with Crippen LogP contribution in [-0.4, -0.2) is 71.9 Å². The SMILES string of the molecule is Cc1cccc(C(=O)Nc2ccc(C)c(NC(=O)C3CN=C(Nc4cc(N5CCN(C)CC5)ccn4)S3)c2)c1. The molecule has 10 heteroatoms. The average Bonchev–Trinajstić information content (AvgIpc) is 3.40. The van der Waals surface area contributed by atoms with Crippen LogP contribution in [0, 0.1) is 13.8 Å². The van der Waals surface area contributed by atoms with Crippen LogP contribution in [0.2, 0.25) is 0 Å². The number of rotatable bonds is 6. The Bertz CT molecular complexity index is 1400. The van der Waals surface area contributed by atoms with Crippen LogP contribution < -0.4 is 20.9 Å². The molecule has 2 amide bonds. The Hall–Kier alpha value is -3.89. The molecule has 3 N–H and O–H groups in total. The van der Waals surface area contributed by atoms with Crippen LogP contribution in [0.3, 0.4) is 0 Å². The van der Waals surface area contributed by atoms with Crippen molar-refractivity contribution < 1.29 is 9.59 Å². The monoisotopic (exact) mass is 543 g/mol. The minimum atomic E-state index is -0.363.